The van der Waals surface area contributed by atoms with Crippen molar-refractivity contribution in [2.45, 2.75) is 93.4 Å². The molecule has 0 amide bonds. The molecule has 3 aromatic heterocycles. The van der Waals surface area contributed by atoms with Gasteiger partial charge in [0.15, 0.2) is 5.78 Å². The minimum Gasteiger partial charge on any atom is -0.512 e. The van der Waals surface area contributed by atoms with Gasteiger partial charge in [0.25, 0.3) is 0 Å². The molecular formula is C42H51IrN2O3-. The molecule has 5 rings (SSSR count). The molecule has 0 aliphatic carbocycles. The Balaban J connectivity index is 0.000000301. The number of ketones is 1. The fraction of sp³-hybridized carbons (Fsp3) is 0.381. The molecule has 0 saturated heterocycles. The van der Waals surface area contributed by atoms with Crippen LogP contribution in [0.3, 0.4) is 0 Å². The van der Waals surface area contributed by atoms with Crippen molar-refractivity contribution in [1.29, 1.82) is 0 Å². The number of allylic oxidation sites excluding steroid dienone is 2. The Morgan fingerprint density at radius 1 is 0.917 bits per heavy atom. The van der Waals surface area contributed by atoms with Crippen LogP contribution < -0.4 is 4.57 Å². The minimum absolute atomic E-state index is 0. The van der Waals surface area contributed by atoms with Gasteiger partial charge in [0.2, 0.25) is 0 Å². The van der Waals surface area contributed by atoms with Gasteiger partial charge < -0.3 is 14.1 Å². The number of rotatable bonds is 9. The van der Waals surface area contributed by atoms with Crippen molar-refractivity contribution in [3.63, 3.8) is 0 Å². The Morgan fingerprint density at radius 2 is 1.56 bits per heavy atom. The van der Waals surface area contributed by atoms with Crippen molar-refractivity contribution in [2.24, 2.45) is 10.8 Å². The largest absolute Gasteiger partial charge is 0.512 e. The molecule has 2 aromatic carbocycles. The zero-order chi connectivity index (χ0) is 34.6. The van der Waals surface area contributed by atoms with Crippen LogP contribution in [0.25, 0.3) is 44.3 Å². The molecule has 0 spiro atoms. The Morgan fingerprint density at radius 3 is 2.19 bits per heavy atom. The van der Waals surface area contributed by atoms with Crippen molar-refractivity contribution in [3.05, 3.63) is 104 Å². The van der Waals surface area contributed by atoms with Crippen LogP contribution in [-0.4, -0.2) is 15.9 Å². The third-order valence-corrected chi connectivity index (χ3v) is 10.2. The SMILES string of the molecule is CCC(C)(CC)C(=O)/C=C(\O)C(C)(CC)CC.[CH2-][n+]1ccc(-c2nccc3occc23)cc1-c1[c-]c2ccccc2c(C(C)(C)C)c1.[Ir]. The second kappa shape index (κ2) is 15.7. The van der Waals surface area contributed by atoms with Gasteiger partial charge in [-0.25, -0.2) is 0 Å². The molecule has 0 fully saturated rings. The molecule has 3 heterocycles. The van der Waals surface area contributed by atoms with Crippen LogP contribution in [0.4, 0.5) is 0 Å². The van der Waals surface area contributed by atoms with Crippen LogP contribution in [0.5, 0.6) is 0 Å². The zero-order valence-corrected chi connectivity index (χ0v) is 32.4. The molecule has 48 heavy (non-hydrogen) atoms. The third kappa shape index (κ3) is 8.10. The fourth-order valence-corrected chi connectivity index (χ4v) is 5.71. The van der Waals surface area contributed by atoms with Crippen molar-refractivity contribution in [1.82, 2.24) is 4.98 Å². The molecule has 1 radical (unpaired) electrons. The van der Waals surface area contributed by atoms with Gasteiger partial charge in [0, 0.05) is 55.6 Å². The summed E-state index contributed by atoms with van der Waals surface area (Å²) in [6, 6.07) is 22.3. The number of nitrogens with zero attached hydrogens (tertiary/aromatic N) is 2. The summed E-state index contributed by atoms with van der Waals surface area (Å²) < 4.78 is 7.45. The van der Waals surface area contributed by atoms with Gasteiger partial charge in [-0.15, -0.1) is 29.1 Å². The molecule has 257 valence electrons. The van der Waals surface area contributed by atoms with Crippen LogP contribution in [0.15, 0.2) is 89.5 Å². The van der Waals surface area contributed by atoms with Crippen molar-refractivity contribution in [2.75, 3.05) is 0 Å². The predicted molar refractivity (Wildman–Crippen MR) is 194 cm³/mol. The second-order valence-corrected chi connectivity index (χ2v) is 14.1. The number of fused-ring (bicyclic) bond motifs is 2. The number of hydrogen-bond donors (Lipinski definition) is 1. The van der Waals surface area contributed by atoms with E-state index in [4.69, 9.17) is 4.42 Å². The van der Waals surface area contributed by atoms with E-state index in [0.717, 1.165) is 64.6 Å². The number of benzene rings is 2. The number of pyridine rings is 2. The van der Waals surface area contributed by atoms with E-state index in [-0.39, 0.29) is 47.9 Å². The van der Waals surface area contributed by atoms with Gasteiger partial charge in [-0.05, 0) is 60.9 Å². The third-order valence-electron chi connectivity index (χ3n) is 10.2. The number of aromatic nitrogens is 2. The molecule has 5 nitrogen and oxygen atoms in total. The molecule has 0 aliphatic rings. The Bertz CT molecular complexity index is 1890. The van der Waals surface area contributed by atoms with Gasteiger partial charge in [0.1, 0.15) is 17.0 Å². The van der Waals surface area contributed by atoms with E-state index >= 15 is 0 Å². The van der Waals surface area contributed by atoms with Gasteiger partial charge >= 0.3 is 0 Å². The second-order valence-electron chi connectivity index (χ2n) is 14.1. The fourth-order valence-electron chi connectivity index (χ4n) is 5.71. The zero-order valence-electron chi connectivity index (χ0n) is 30.0. The average molecular weight is 824 g/mol. The van der Waals surface area contributed by atoms with E-state index in [1.165, 1.54) is 17.0 Å². The first-order valence-electron chi connectivity index (χ1n) is 16.8. The van der Waals surface area contributed by atoms with Crippen LogP contribution in [-0.2, 0) is 30.3 Å². The molecule has 0 saturated carbocycles. The van der Waals surface area contributed by atoms with Crippen molar-refractivity contribution >= 4 is 27.5 Å². The summed E-state index contributed by atoms with van der Waals surface area (Å²) in [5.41, 5.74) is 5.48. The van der Waals surface area contributed by atoms with E-state index in [1.54, 1.807) is 12.5 Å². The maximum Gasteiger partial charge on any atom is 0.164 e. The summed E-state index contributed by atoms with van der Waals surface area (Å²) in [7, 11) is 4.21. The maximum absolute atomic E-state index is 12.2. The number of hydrogen-bond acceptors (Lipinski definition) is 4. The summed E-state index contributed by atoms with van der Waals surface area (Å²) >= 11 is 0. The van der Waals surface area contributed by atoms with Gasteiger partial charge in [-0.2, -0.15) is 0 Å². The van der Waals surface area contributed by atoms with Crippen LogP contribution in [0.1, 0.15) is 93.6 Å². The number of carbonyl (C=O) groups excluding carboxylic acids is 1. The van der Waals surface area contributed by atoms with Gasteiger partial charge in [-0.1, -0.05) is 91.5 Å². The monoisotopic (exact) mass is 824 g/mol. The smallest absolute Gasteiger partial charge is 0.164 e. The number of furan rings is 1. The number of carbonyl (C=O) groups is 1. The van der Waals surface area contributed by atoms with Crippen molar-refractivity contribution in [3.8, 4) is 22.5 Å². The number of aliphatic hydroxyl groups is 1. The first-order chi connectivity index (χ1) is 22.2. The molecule has 1 N–H and O–H groups in total. The Kier molecular flexibility index (Phi) is 12.6. The molecular weight excluding hydrogens is 773 g/mol. The summed E-state index contributed by atoms with van der Waals surface area (Å²) in [5.74, 6) is 0.286. The summed E-state index contributed by atoms with van der Waals surface area (Å²) in [4.78, 5) is 16.8. The van der Waals surface area contributed by atoms with E-state index in [2.05, 4.69) is 75.3 Å². The van der Waals surface area contributed by atoms with E-state index in [0.29, 0.717) is 0 Å². The van der Waals surface area contributed by atoms with E-state index in [9.17, 15) is 9.90 Å². The van der Waals surface area contributed by atoms with Crippen LogP contribution in [0.2, 0.25) is 0 Å². The quantitative estimate of drug-likeness (QED) is 0.0696. The molecule has 5 aromatic rings. The first kappa shape index (κ1) is 38.7. The molecule has 6 heteroatoms. The molecule has 0 unspecified atom stereocenters. The summed E-state index contributed by atoms with van der Waals surface area (Å²) in [5, 5.41) is 13.5. The van der Waals surface area contributed by atoms with Gasteiger partial charge in [0.05, 0.1) is 18.2 Å². The topological polar surface area (TPSA) is 67.2 Å². The summed E-state index contributed by atoms with van der Waals surface area (Å²) in [6.07, 6.45) is 10.2. The average Bonchev–Trinajstić information content (AvgIpc) is 3.56. The molecule has 0 bridgehead atoms. The maximum atomic E-state index is 12.2. The Hall–Kier alpha value is -3.73. The normalized spacial score (nSPS) is 12.4. The molecule has 0 atom stereocenters. The van der Waals surface area contributed by atoms with E-state index < -0.39 is 0 Å². The van der Waals surface area contributed by atoms with Crippen LogP contribution in [0, 0.1) is 23.9 Å². The van der Waals surface area contributed by atoms with Crippen molar-refractivity contribution < 1.29 is 39.0 Å². The minimum atomic E-state index is -0.337. The van der Waals surface area contributed by atoms with Crippen LogP contribution >= 0.6 is 0 Å². The summed E-state index contributed by atoms with van der Waals surface area (Å²) in [6.45, 7) is 18.8. The molecule has 0 aliphatic heterocycles. The van der Waals surface area contributed by atoms with Gasteiger partial charge in [-0.3, -0.25) is 9.78 Å². The standard InChI is InChI=1S/C27H23N2O.C15H28O2.Ir/c1-27(2,3)23-16-20(15-18-7-5-6-8-21(18)23)24-17-19(10-13-29(24)4)26-22-11-14-30-25(22)9-12-28-26;1-7-14(5,8-2)12(16)11-13(17)15(6,9-3)10-4;/h5-14,16-17H,4H2,1-3H3;11,16H,7-10H2,1-6H3;/q-1;;/b;12-11-;. The first-order valence-corrected chi connectivity index (χ1v) is 16.8. The van der Waals surface area contributed by atoms with E-state index in [1.807, 2.05) is 70.5 Å². The Labute approximate surface area is 300 Å². The number of aliphatic hydroxyl groups excluding tert-OH is 1. The predicted octanol–water partition coefficient (Wildman–Crippen LogP) is 11.0.